The number of hydrogen-bond donors (Lipinski definition) is 1. The van der Waals surface area contributed by atoms with Crippen LogP contribution in [0.5, 0.6) is 0 Å². The Bertz CT molecular complexity index is 424. The summed E-state index contributed by atoms with van der Waals surface area (Å²) in [7, 11) is 2.04. The highest BCUT2D eigenvalue weighted by molar-refractivity contribution is 5.24. The normalized spacial score (nSPS) is 24.9. The second-order valence-electron chi connectivity index (χ2n) is 5.78. The topological polar surface area (TPSA) is 33.1 Å². The van der Waals surface area contributed by atoms with E-state index in [-0.39, 0.29) is 0 Å². The molecule has 1 aromatic heterocycles. The van der Waals surface area contributed by atoms with E-state index < -0.39 is 0 Å². The fourth-order valence-electron chi connectivity index (χ4n) is 3.05. The Morgan fingerprint density at radius 3 is 2.53 bits per heavy atom. The minimum atomic E-state index is 0.639. The van der Waals surface area contributed by atoms with Crippen LogP contribution in [-0.2, 0) is 13.6 Å². The molecule has 1 N–H and O–H groups in total. The maximum atomic E-state index is 4.54. The zero-order valence-corrected chi connectivity index (χ0v) is 13.0. The van der Waals surface area contributed by atoms with Crippen molar-refractivity contribution in [1.82, 2.24) is 20.0 Å². The average molecular weight is 264 g/mol. The van der Waals surface area contributed by atoms with E-state index in [4.69, 9.17) is 0 Å². The second-order valence-corrected chi connectivity index (χ2v) is 5.78. The molecule has 19 heavy (non-hydrogen) atoms. The van der Waals surface area contributed by atoms with Crippen LogP contribution >= 0.6 is 0 Å². The van der Waals surface area contributed by atoms with Gasteiger partial charge in [-0.1, -0.05) is 13.8 Å². The lowest BCUT2D eigenvalue weighted by atomic mass is 10.0. The summed E-state index contributed by atoms with van der Waals surface area (Å²) in [6.07, 6.45) is 2.42. The highest BCUT2D eigenvalue weighted by atomic mass is 15.3. The molecule has 2 heterocycles. The lowest BCUT2D eigenvalue weighted by molar-refractivity contribution is 0.117. The molecule has 4 heteroatoms. The van der Waals surface area contributed by atoms with Gasteiger partial charge in [0.25, 0.3) is 0 Å². The summed E-state index contributed by atoms with van der Waals surface area (Å²) in [6, 6.07) is 1.29. The van der Waals surface area contributed by atoms with Crippen LogP contribution in [0, 0.1) is 13.8 Å². The molecule has 1 fully saturated rings. The van der Waals surface area contributed by atoms with Crippen molar-refractivity contribution >= 4 is 0 Å². The quantitative estimate of drug-likeness (QED) is 0.903. The highest BCUT2D eigenvalue weighted by Crippen LogP contribution is 2.20. The van der Waals surface area contributed by atoms with Gasteiger partial charge >= 0.3 is 0 Å². The molecule has 2 atom stereocenters. The monoisotopic (exact) mass is 264 g/mol. The Labute approximate surface area is 117 Å². The van der Waals surface area contributed by atoms with Crippen LogP contribution in [0.3, 0.4) is 0 Å². The van der Waals surface area contributed by atoms with Crippen LogP contribution in [0.2, 0.25) is 0 Å². The van der Waals surface area contributed by atoms with Crippen molar-refractivity contribution in [3.8, 4) is 0 Å². The van der Waals surface area contributed by atoms with E-state index in [1.165, 1.54) is 29.8 Å². The predicted molar refractivity (Wildman–Crippen MR) is 79.3 cm³/mol. The summed E-state index contributed by atoms with van der Waals surface area (Å²) < 4.78 is 2.01. The predicted octanol–water partition coefficient (Wildman–Crippen LogP) is 2.00. The maximum Gasteiger partial charge on any atom is 0.0641 e. The molecule has 0 amide bonds. The third-order valence-corrected chi connectivity index (χ3v) is 4.60. The molecule has 2 rings (SSSR count). The van der Waals surface area contributed by atoms with E-state index in [1.807, 2.05) is 11.7 Å². The Hall–Kier alpha value is -0.870. The van der Waals surface area contributed by atoms with E-state index in [0.717, 1.165) is 19.6 Å². The van der Waals surface area contributed by atoms with E-state index in [9.17, 15) is 0 Å². The minimum Gasteiger partial charge on any atom is -0.311 e. The van der Waals surface area contributed by atoms with Crippen LogP contribution in [0.15, 0.2) is 0 Å². The van der Waals surface area contributed by atoms with Gasteiger partial charge in [0.1, 0.15) is 0 Å². The van der Waals surface area contributed by atoms with Crippen molar-refractivity contribution in [2.45, 2.75) is 59.2 Å². The lowest BCUT2D eigenvalue weighted by Crippen LogP contribution is -2.55. The molecule has 1 saturated heterocycles. The molecule has 0 saturated carbocycles. The molecular weight excluding hydrogens is 236 g/mol. The molecule has 1 aliphatic heterocycles. The van der Waals surface area contributed by atoms with Crippen molar-refractivity contribution in [3.63, 3.8) is 0 Å². The molecule has 0 aromatic carbocycles. The second kappa shape index (κ2) is 6.06. The average Bonchev–Trinajstić information content (AvgIpc) is 2.65. The molecule has 1 aliphatic rings. The summed E-state index contributed by atoms with van der Waals surface area (Å²) in [5.41, 5.74) is 3.90. The van der Waals surface area contributed by atoms with Gasteiger partial charge in [0.05, 0.1) is 5.69 Å². The lowest BCUT2D eigenvalue weighted by Gasteiger charge is -2.40. The van der Waals surface area contributed by atoms with Gasteiger partial charge in [-0.15, -0.1) is 0 Å². The van der Waals surface area contributed by atoms with Crippen molar-refractivity contribution in [3.05, 3.63) is 17.0 Å². The minimum absolute atomic E-state index is 0.639. The number of hydrogen-bond acceptors (Lipinski definition) is 3. The number of nitrogens with zero attached hydrogens (tertiary/aromatic N) is 3. The summed E-state index contributed by atoms with van der Waals surface area (Å²) in [5.74, 6) is 0. The maximum absolute atomic E-state index is 4.54. The Balaban J connectivity index is 2.14. The van der Waals surface area contributed by atoms with Gasteiger partial charge in [-0.2, -0.15) is 5.10 Å². The van der Waals surface area contributed by atoms with Gasteiger partial charge in [0.2, 0.25) is 0 Å². The van der Waals surface area contributed by atoms with Gasteiger partial charge in [-0.05, 0) is 26.7 Å². The Kier molecular flexibility index (Phi) is 4.63. The summed E-state index contributed by atoms with van der Waals surface area (Å²) in [5, 5.41) is 8.20. The number of aromatic nitrogens is 2. The fraction of sp³-hybridized carbons (Fsp3) is 0.800. The van der Waals surface area contributed by atoms with Crippen molar-refractivity contribution in [1.29, 1.82) is 0 Å². The van der Waals surface area contributed by atoms with Crippen molar-refractivity contribution in [2.75, 3.05) is 13.1 Å². The van der Waals surface area contributed by atoms with Crippen molar-refractivity contribution < 1.29 is 0 Å². The molecule has 2 unspecified atom stereocenters. The zero-order chi connectivity index (χ0) is 14.0. The fourth-order valence-corrected chi connectivity index (χ4v) is 3.05. The van der Waals surface area contributed by atoms with Gasteiger partial charge < -0.3 is 5.32 Å². The van der Waals surface area contributed by atoms with Crippen LogP contribution < -0.4 is 5.32 Å². The molecule has 0 spiro atoms. The number of piperazine rings is 1. The first-order chi connectivity index (χ1) is 9.06. The van der Waals surface area contributed by atoms with E-state index in [2.05, 4.69) is 43.0 Å². The number of aryl methyl sites for hydroxylation is 2. The van der Waals surface area contributed by atoms with Crippen LogP contribution in [-0.4, -0.2) is 39.9 Å². The Morgan fingerprint density at radius 2 is 2.00 bits per heavy atom. The first kappa shape index (κ1) is 14.5. The van der Waals surface area contributed by atoms with E-state index >= 15 is 0 Å². The third kappa shape index (κ3) is 3.00. The molecule has 0 radical (unpaired) electrons. The summed E-state index contributed by atoms with van der Waals surface area (Å²) in [4.78, 5) is 2.64. The number of nitrogens with one attached hydrogen (secondary N) is 1. The molecule has 0 aliphatic carbocycles. The Morgan fingerprint density at radius 1 is 1.26 bits per heavy atom. The SMILES string of the molecule is CCC1CN(Cc2c(C)nn(C)c2C)C(CC)CN1. The first-order valence-electron chi connectivity index (χ1n) is 7.53. The highest BCUT2D eigenvalue weighted by Gasteiger charge is 2.27. The van der Waals surface area contributed by atoms with E-state index in [1.54, 1.807) is 0 Å². The van der Waals surface area contributed by atoms with E-state index in [0.29, 0.717) is 12.1 Å². The smallest absolute Gasteiger partial charge is 0.0641 e. The molecule has 4 nitrogen and oxygen atoms in total. The van der Waals surface area contributed by atoms with Gasteiger partial charge in [-0.3, -0.25) is 9.58 Å². The van der Waals surface area contributed by atoms with Crippen LogP contribution in [0.1, 0.15) is 43.6 Å². The van der Waals surface area contributed by atoms with Gasteiger partial charge in [-0.25, -0.2) is 0 Å². The standard InChI is InChI=1S/C15H28N4/c1-6-13-9-19(14(7-2)8-16-13)10-15-11(3)17-18(5)12(15)4/h13-14,16H,6-10H2,1-5H3. The van der Waals surface area contributed by atoms with Crippen LogP contribution in [0.4, 0.5) is 0 Å². The summed E-state index contributed by atoms with van der Waals surface area (Å²) >= 11 is 0. The molecule has 1 aromatic rings. The number of rotatable bonds is 4. The molecule has 0 bridgehead atoms. The van der Waals surface area contributed by atoms with Gasteiger partial charge in [0, 0.05) is 50.0 Å². The summed E-state index contributed by atoms with van der Waals surface area (Å²) in [6.45, 7) is 12.2. The van der Waals surface area contributed by atoms with Crippen LogP contribution in [0.25, 0.3) is 0 Å². The molecule has 108 valence electrons. The van der Waals surface area contributed by atoms with Gasteiger partial charge in [0.15, 0.2) is 0 Å². The van der Waals surface area contributed by atoms with Crippen molar-refractivity contribution in [2.24, 2.45) is 7.05 Å². The first-order valence-corrected chi connectivity index (χ1v) is 7.53. The largest absolute Gasteiger partial charge is 0.311 e. The third-order valence-electron chi connectivity index (χ3n) is 4.60. The zero-order valence-electron chi connectivity index (χ0n) is 13.0. The molecular formula is C15H28N4.